The molecule has 0 radical (unpaired) electrons. The van der Waals surface area contributed by atoms with Gasteiger partial charge in [0.25, 0.3) is 0 Å². The van der Waals surface area contributed by atoms with Crippen LogP contribution in [-0.4, -0.2) is 25.3 Å². The summed E-state index contributed by atoms with van der Waals surface area (Å²) in [5, 5.41) is -0.429. The molecule has 1 atom stereocenters. The third-order valence-electron chi connectivity index (χ3n) is 1.49. The van der Waals surface area contributed by atoms with E-state index in [0.29, 0.717) is 6.42 Å². The van der Waals surface area contributed by atoms with E-state index in [1.807, 2.05) is 6.92 Å². The van der Waals surface area contributed by atoms with Gasteiger partial charge in [-0.3, -0.25) is 0 Å². The second kappa shape index (κ2) is 6.46. The lowest BCUT2D eigenvalue weighted by molar-refractivity contribution is 0.588. The first-order chi connectivity index (χ1) is 5.08. The molecule has 3 nitrogen and oxygen atoms in total. The smallest absolute Gasteiger partial charge is 0.157 e. The van der Waals surface area contributed by atoms with Crippen molar-refractivity contribution in [2.45, 2.75) is 18.6 Å². The molecule has 0 bridgehead atoms. The number of halogens is 1. The van der Waals surface area contributed by atoms with Crippen molar-refractivity contribution >= 4 is 21.4 Å². The van der Waals surface area contributed by atoms with E-state index >= 15 is 0 Å². The highest BCUT2D eigenvalue weighted by Crippen LogP contribution is 2.08. The summed E-state index contributed by atoms with van der Waals surface area (Å²) in [5.41, 5.74) is 0. The Morgan fingerprint density at radius 2 is 2.08 bits per heavy atom. The van der Waals surface area contributed by atoms with Crippen LogP contribution in [-0.2, 0) is 9.84 Å². The lowest BCUT2D eigenvalue weighted by atomic mass is 10.3. The first-order valence-electron chi connectivity index (χ1n) is 3.48. The van der Waals surface area contributed by atoms with Gasteiger partial charge in [0.2, 0.25) is 0 Å². The van der Waals surface area contributed by atoms with E-state index in [-0.39, 0.29) is 17.8 Å². The largest absolute Gasteiger partial charge is 0.344 e. The molecule has 0 fully saturated rings. The third-order valence-corrected chi connectivity index (χ3v) is 4.12. The summed E-state index contributed by atoms with van der Waals surface area (Å²) in [6.07, 6.45) is 2.03. The topological polar surface area (TPSA) is 69.1 Å². The lowest BCUT2D eigenvalue weighted by Gasteiger charge is -2.08. The zero-order chi connectivity index (χ0) is 8.91. The molecule has 0 aliphatic rings. The van der Waals surface area contributed by atoms with Crippen molar-refractivity contribution < 1.29 is 8.42 Å². The molecule has 5 heteroatoms. The average molecular weight is 214 g/mol. The standard InChI is InChI=1S/C7H13ClO2S.H3N/c1-3-7(4-2)11(9,10)6-5-8;/h3,7H,1,4-6H2,2H3;1H3. The molecule has 74 valence electrons. The quantitative estimate of drug-likeness (QED) is 0.559. The molecule has 0 amide bonds. The van der Waals surface area contributed by atoms with Crippen molar-refractivity contribution in [2.75, 3.05) is 11.6 Å². The molecule has 0 aliphatic carbocycles. The maximum atomic E-state index is 11.2. The van der Waals surface area contributed by atoms with Crippen LogP contribution in [0, 0.1) is 0 Å². The van der Waals surface area contributed by atoms with E-state index in [0.717, 1.165) is 0 Å². The molecular weight excluding hydrogens is 198 g/mol. The number of hydrogen-bond acceptors (Lipinski definition) is 3. The van der Waals surface area contributed by atoms with E-state index in [9.17, 15) is 8.42 Å². The summed E-state index contributed by atoms with van der Waals surface area (Å²) in [7, 11) is -3.02. The van der Waals surface area contributed by atoms with E-state index in [1.54, 1.807) is 0 Å². The molecule has 12 heavy (non-hydrogen) atoms. The lowest BCUT2D eigenvalue weighted by Crippen LogP contribution is -2.21. The fraction of sp³-hybridized carbons (Fsp3) is 0.714. The van der Waals surface area contributed by atoms with Gasteiger partial charge in [0, 0.05) is 5.88 Å². The second-order valence-corrected chi connectivity index (χ2v) is 4.96. The van der Waals surface area contributed by atoms with E-state index < -0.39 is 15.1 Å². The number of alkyl halides is 1. The SMILES string of the molecule is C=CC(CC)S(=O)(=O)CCCl.N. The zero-order valence-electron chi connectivity index (χ0n) is 7.29. The van der Waals surface area contributed by atoms with Crippen molar-refractivity contribution in [1.29, 1.82) is 0 Å². The van der Waals surface area contributed by atoms with Gasteiger partial charge >= 0.3 is 0 Å². The Bertz CT molecular complexity index is 213. The first kappa shape index (κ1) is 14.5. The van der Waals surface area contributed by atoms with Crippen LogP contribution in [0.2, 0.25) is 0 Å². The van der Waals surface area contributed by atoms with Gasteiger partial charge in [-0.2, -0.15) is 0 Å². The maximum absolute atomic E-state index is 11.2. The van der Waals surface area contributed by atoms with Gasteiger partial charge in [-0.05, 0) is 6.42 Å². The molecule has 0 aromatic heterocycles. The van der Waals surface area contributed by atoms with Gasteiger partial charge < -0.3 is 6.15 Å². The van der Waals surface area contributed by atoms with Gasteiger partial charge in [0.1, 0.15) is 0 Å². The molecule has 0 aliphatic heterocycles. The van der Waals surface area contributed by atoms with Crippen molar-refractivity contribution in [1.82, 2.24) is 6.15 Å². The second-order valence-electron chi connectivity index (χ2n) is 2.24. The highest BCUT2D eigenvalue weighted by Gasteiger charge is 2.19. The normalized spacial score (nSPS) is 13.2. The van der Waals surface area contributed by atoms with E-state index in [2.05, 4.69) is 6.58 Å². The van der Waals surface area contributed by atoms with Gasteiger partial charge in [-0.15, -0.1) is 18.2 Å². The Hall–Kier alpha value is -0.0600. The maximum Gasteiger partial charge on any atom is 0.157 e. The Kier molecular flexibility index (Phi) is 7.78. The number of rotatable bonds is 5. The minimum atomic E-state index is -3.02. The monoisotopic (exact) mass is 213 g/mol. The predicted octanol–water partition coefficient (Wildman–Crippen LogP) is 1.77. The molecular formula is C7H16ClNO2S. The molecule has 0 saturated heterocycles. The van der Waals surface area contributed by atoms with E-state index in [1.165, 1.54) is 6.08 Å². The Balaban J connectivity index is 0. The Morgan fingerprint density at radius 1 is 1.58 bits per heavy atom. The number of hydrogen-bond donors (Lipinski definition) is 1. The Labute approximate surface area is 79.3 Å². The van der Waals surface area contributed by atoms with Crippen LogP contribution < -0.4 is 6.15 Å². The molecule has 1 unspecified atom stereocenters. The minimum Gasteiger partial charge on any atom is -0.344 e. The highest BCUT2D eigenvalue weighted by atomic mass is 35.5. The minimum absolute atomic E-state index is 0. The third kappa shape index (κ3) is 4.09. The van der Waals surface area contributed by atoms with E-state index in [4.69, 9.17) is 11.6 Å². The summed E-state index contributed by atoms with van der Waals surface area (Å²) in [4.78, 5) is 0. The molecule has 3 N–H and O–H groups in total. The van der Waals surface area contributed by atoms with Crippen LogP contribution in [0.15, 0.2) is 12.7 Å². The summed E-state index contributed by atoms with van der Waals surface area (Å²) in [6.45, 7) is 5.28. The molecule has 0 saturated carbocycles. The Morgan fingerprint density at radius 3 is 2.33 bits per heavy atom. The fourth-order valence-corrected chi connectivity index (χ4v) is 2.79. The van der Waals surface area contributed by atoms with Crippen LogP contribution in [0.5, 0.6) is 0 Å². The molecule has 0 aromatic carbocycles. The summed E-state index contributed by atoms with van der Waals surface area (Å²) in [5.74, 6) is 0.200. The summed E-state index contributed by atoms with van der Waals surface area (Å²) in [6, 6.07) is 0. The van der Waals surface area contributed by atoms with Crippen LogP contribution in [0.4, 0.5) is 0 Å². The van der Waals surface area contributed by atoms with Gasteiger partial charge in [0.15, 0.2) is 9.84 Å². The van der Waals surface area contributed by atoms with Crippen LogP contribution in [0.3, 0.4) is 0 Å². The molecule has 0 rings (SSSR count). The molecule has 0 aromatic rings. The molecule has 0 spiro atoms. The fourth-order valence-electron chi connectivity index (χ4n) is 0.826. The van der Waals surface area contributed by atoms with Crippen LogP contribution >= 0.6 is 11.6 Å². The van der Waals surface area contributed by atoms with Gasteiger partial charge in [-0.1, -0.05) is 13.0 Å². The van der Waals surface area contributed by atoms with Crippen molar-refractivity contribution in [3.8, 4) is 0 Å². The van der Waals surface area contributed by atoms with Crippen LogP contribution in [0.1, 0.15) is 13.3 Å². The van der Waals surface area contributed by atoms with Crippen molar-refractivity contribution in [3.63, 3.8) is 0 Å². The first-order valence-corrected chi connectivity index (χ1v) is 5.73. The molecule has 0 heterocycles. The predicted molar refractivity (Wildman–Crippen MR) is 53.8 cm³/mol. The van der Waals surface area contributed by atoms with Crippen molar-refractivity contribution in [3.05, 3.63) is 12.7 Å². The number of sulfone groups is 1. The summed E-state index contributed by atoms with van der Waals surface area (Å²) >= 11 is 5.33. The van der Waals surface area contributed by atoms with Crippen molar-refractivity contribution in [2.24, 2.45) is 0 Å². The van der Waals surface area contributed by atoms with Crippen LogP contribution in [0.25, 0.3) is 0 Å². The average Bonchev–Trinajstić information content (AvgIpc) is 1.89. The van der Waals surface area contributed by atoms with Gasteiger partial charge in [0.05, 0.1) is 11.0 Å². The van der Waals surface area contributed by atoms with Gasteiger partial charge in [-0.25, -0.2) is 8.42 Å². The summed E-state index contributed by atoms with van der Waals surface area (Å²) < 4.78 is 22.5. The zero-order valence-corrected chi connectivity index (χ0v) is 8.87. The highest BCUT2D eigenvalue weighted by molar-refractivity contribution is 7.92.